The van der Waals surface area contributed by atoms with E-state index in [0.717, 1.165) is 37.7 Å². The molecule has 0 aliphatic carbocycles. The Bertz CT molecular complexity index is 564. The zero-order valence-corrected chi connectivity index (χ0v) is 12.0. The van der Waals surface area contributed by atoms with Gasteiger partial charge in [0.05, 0.1) is 0 Å². The molecule has 1 fully saturated rings. The summed E-state index contributed by atoms with van der Waals surface area (Å²) >= 11 is 1.41. The van der Waals surface area contributed by atoms with Crippen molar-refractivity contribution < 1.29 is 4.39 Å². The van der Waals surface area contributed by atoms with E-state index < -0.39 is 0 Å². The topological polar surface area (TPSA) is 41.1 Å². The van der Waals surface area contributed by atoms with Crippen LogP contribution in [0.15, 0.2) is 24.3 Å². The molecule has 0 spiro atoms. The van der Waals surface area contributed by atoms with Crippen LogP contribution in [-0.2, 0) is 6.42 Å². The van der Waals surface area contributed by atoms with E-state index in [9.17, 15) is 4.39 Å². The van der Waals surface area contributed by atoms with Crippen LogP contribution >= 0.6 is 11.5 Å². The lowest BCUT2D eigenvalue weighted by molar-refractivity contribution is 0.612. The molecule has 0 amide bonds. The summed E-state index contributed by atoms with van der Waals surface area (Å²) in [5.41, 5.74) is 0.648. The Morgan fingerprint density at radius 3 is 3.05 bits per heavy atom. The first kappa shape index (κ1) is 13.5. The molecule has 20 heavy (non-hydrogen) atoms. The quantitative estimate of drug-likeness (QED) is 0.940. The number of benzene rings is 1. The maximum absolute atomic E-state index is 13.6. The Kier molecular flexibility index (Phi) is 4.22. The molecule has 2 heterocycles. The average molecular weight is 292 g/mol. The number of anilines is 1. The first-order valence-electron chi connectivity index (χ1n) is 6.84. The summed E-state index contributed by atoms with van der Waals surface area (Å²) in [5.74, 6) is 0.509. The molecule has 4 nitrogen and oxygen atoms in total. The third-order valence-electron chi connectivity index (χ3n) is 3.37. The summed E-state index contributed by atoms with van der Waals surface area (Å²) in [6, 6.07) is 6.80. The molecular weight excluding hydrogens is 275 g/mol. The van der Waals surface area contributed by atoms with Gasteiger partial charge in [-0.2, -0.15) is 4.37 Å². The second-order valence-electron chi connectivity index (χ2n) is 4.85. The maximum atomic E-state index is 13.6. The van der Waals surface area contributed by atoms with Crippen LogP contribution in [-0.4, -0.2) is 35.5 Å². The number of nitrogens with zero attached hydrogens (tertiary/aromatic N) is 3. The van der Waals surface area contributed by atoms with Crippen molar-refractivity contribution in [3.8, 4) is 0 Å². The van der Waals surface area contributed by atoms with E-state index in [1.54, 1.807) is 12.1 Å². The van der Waals surface area contributed by atoms with Crippen LogP contribution in [0.1, 0.15) is 17.8 Å². The second kappa shape index (κ2) is 6.28. The fourth-order valence-electron chi connectivity index (χ4n) is 2.29. The highest BCUT2D eigenvalue weighted by molar-refractivity contribution is 7.09. The van der Waals surface area contributed by atoms with E-state index in [4.69, 9.17) is 0 Å². The van der Waals surface area contributed by atoms with Gasteiger partial charge in [0, 0.05) is 37.6 Å². The summed E-state index contributed by atoms with van der Waals surface area (Å²) in [6.07, 6.45) is 1.57. The highest BCUT2D eigenvalue weighted by Crippen LogP contribution is 2.20. The van der Waals surface area contributed by atoms with Crippen molar-refractivity contribution in [1.29, 1.82) is 0 Å². The lowest BCUT2D eigenvalue weighted by Crippen LogP contribution is -2.27. The van der Waals surface area contributed by atoms with Gasteiger partial charge in [-0.1, -0.05) is 18.2 Å². The Morgan fingerprint density at radius 1 is 1.25 bits per heavy atom. The zero-order chi connectivity index (χ0) is 13.8. The van der Waals surface area contributed by atoms with Gasteiger partial charge in [0.15, 0.2) is 0 Å². The summed E-state index contributed by atoms with van der Waals surface area (Å²) < 4.78 is 18.0. The van der Waals surface area contributed by atoms with Gasteiger partial charge in [0.1, 0.15) is 11.6 Å². The van der Waals surface area contributed by atoms with E-state index in [0.29, 0.717) is 17.8 Å². The molecular formula is C14H17FN4S. The van der Waals surface area contributed by atoms with Crippen LogP contribution in [0, 0.1) is 5.82 Å². The van der Waals surface area contributed by atoms with E-state index in [1.807, 2.05) is 6.07 Å². The molecule has 1 N–H and O–H groups in total. The number of nitrogens with one attached hydrogen (secondary N) is 1. The molecule has 0 atom stereocenters. The molecule has 1 aliphatic rings. The van der Waals surface area contributed by atoms with Gasteiger partial charge >= 0.3 is 0 Å². The third-order valence-corrected chi connectivity index (χ3v) is 4.19. The first-order chi connectivity index (χ1) is 9.83. The van der Waals surface area contributed by atoms with Gasteiger partial charge in [-0.3, -0.25) is 0 Å². The molecule has 0 bridgehead atoms. The Labute approximate surface area is 121 Å². The van der Waals surface area contributed by atoms with Crippen LogP contribution < -0.4 is 10.2 Å². The highest BCUT2D eigenvalue weighted by Gasteiger charge is 2.15. The predicted octanol–water partition coefficient (Wildman–Crippen LogP) is 2.07. The molecule has 2 aromatic rings. The van der Waals surface area contributed by atoms with Crippen LogP contribution in [0.2, 0.25) is 0 Å². The molecule has 0 unspecified atom stereocenters. The minimum Gasteiger partial charge on any atom is -0.346 e. The van der Waals surface area contributed by atoms with Gasteiger partial charge in [-0.15, -0.1) is 0 Å². The van der Waals surface area contributed by atoms with Crippen molar-refractivity contribution in [2.24, 2.45) is 0 Å². The molecule has 6 heteroatoms. The maximum Gasteiger partial charge on any atom is 0.205 e. The van der Waals surface area contributed by atoms with Crippen molar-refractivity contribution in [2.45, 2.75) is 12.8 Å². The number of rotatable bonds is 3. The van der Waals surface area contributed by atoms with E-state index >= 15 is 0 Å². The minimum absolute atomic E-state index is 0.192. The van der Waals surface area contributed by atoms with Gasteiger partial charge < -0.3 is 10.2 Å². The van der Waals surface area contributed by atoms with Crippen LogP contribution in [0.3, 0.4) is 0 Å². The Hall–Kier alpha value is -1.53. The first-order valence-corrected chi connectivity index (χ1v) is 7.62. The smallest absolute Gasteiger partial charge is 0.205 e. The number of aromatic nitrogens is 2. The highest BCUT2D eigenvalue weighted by atomic mass is 32.1. The average Bonchev–Trinajstić information content (AvgIpc) is 2.74. The molecule has 1 aliphatic heterocycles. The Morgan fingerprint density at radius 2 is 2.15 bits per heavy atom. The van der Waals surface area contributed by atoms with Crippen molar-refractivity contribution in [1.82, 2.24) is 14.7 Å². The predicted molar refractivity (Wildman–Crippen MR) is 78.8 cm³/mol. The van der Waals surface area contributed by atoms with Gasteiger partial charge in [-0.05, 0) is 24.6 Å². The van der Waals surface area contributed by atoms with Gasteiger partial charge in [0.25, 0.3) is 0 Å². The molecule has 0 saturated carbocycles. The molecule has 0 radical (unpaired) electrons. The lowest BCUT2D eigenvalue weighted by atomic mass is 10.1. The fourth-order valence-corrected chi connectivity index (χ4v) is 3.03. The number of halogens is 1. The normalized spacial score (nSPS) is 16.1. The van der Waals surface area contributed by atoms with Gasteiger partial charge in [-0.25, -0.2) is 9.37 Å². The van der Waals surface area contributed by atoms with Gasteiger partial charge in [0.2, 0.25) is 5.13 Å². The van der Waals surface area contributed by atoms with Crippen LogP contribution in [0.5, 0.6) is 0 Å². The molecule has 1 saturated heterocycles. The molecule has 106 valence electrons. The van der Waals surface area contributed by atoms with E-state index in [-0.39, 0.29) is 5.82 Å². The summed E-state index contributed by atoms with van der Waals surface area (Å²) in [6.45, 7) is 3.98. The van der Waals surface area contributed by atoms with E-state index in [1.165, 1.54) is 17.6 Å². The van der Waals surface area contributed by atoms with Crippen molar-refractivity contribution >= 4 is 16.7 Å². The second-order valence-corrected chi connectivity index (χ2v) is 5.58. The van der Waals surface area contributed by atoms with Crippen molar-refractivity contribution in [3.63, 3.8) is 0 Å². The van der Waals surface area contributed by atoms with Crippen LogP contribution in [0.25, 0.3) is 0 Å². The minimum atomic E-state index is -0.192. The molecule has 1 aromatic heterocycles. The fraction of sp³-hybridized carbons (Fsp3) is 0.429. The van der Waals surface area contributed by atoms with Crippen LogP contribution in [0.4, 0.5) is 9.52 Å². The summed E-state index contributed by atoms with van der Waals surface area (Å²) in [5, 5.41) is 4.31. The van der Waals surface area contributed by atoms with Crippen molar-refractivity contribution in [2.75, 3.05) is 31.1 Å². The monoisotopic (exact) mass is 292 g/mol. The SMILES string of the molecule is Fc1ccccc1Cc1nsc(N2CCCNCC2)n1. The van der Waals surface area contributed by atoms with E-state index in [2.05, 4.69) is 19.6 Å². The van der Waals surface area contributed by atoms with Crippen molar-refractivity contribution in [3.05, 3.63) is 41.5 Å². The number of hydrogen-bond acceptors (Lipinski definition) is 5. The molecule has 3 rings (SSSR count). The lowest BCUT2D eigenvalue weighted by Gasteiger charge is -2.17. The standard InChI is InChI=1S/C14H17FN4S/c15-12-5-2-1-4-11(12)10-13-17-14(20-18-13)19-8-3-6-16-7-9-19/h1-2,4-5,16H,3,6-10H2. The summed E-state index contributed by atoms with van der Waals surface area (Å²) in [4.78, 5) is 6.80. The Balaban J connectivity index is 1.71. The summed E-state index contributed by atoms with van der Waals surface area (Å²) in [7, 11) is 0. The number of hydrogen-bond donors (Lipinski definition) is 1. The third kappa shape index (κ3) is 3.13. The molecule has 1 aromatic carbocycles. The zero-order valence-electron chi connectivity index (χ0n) is 11.2. The largest absolute Gasteiger partial charge is 0.346 e.